The maximum atomic E-state index is 12.1. The van der Waals surface area contributed by atoms with Gasteiger partial charge in [-0.1, -0.05) is 19.3 Å². The molecule has 0 aliphatic heterocycles. The summed E-state index contributed by atoms with van der Waals surface area (Å²) in [6, 6.07) is 0.415. The Morgan fingerprint density at radius 3 is 2.47 bits per heavy atom. The van der Waals surface area contributed by atoms with E-state index in [1.807, 2.05) is 0 Å². The molecular weight excluding hydrogens is 210 g/mol. The van der Waals surface area contributed by atoms with Crippen molar-refractivity contribution < 1.29 is 4.79 Å². The van der Waals surface area contributed by atoms with E-state index in [4.69, 9.17) is 0 Å². The standard InChI is InChI=1S/C15H25NO/c1-10(14-9-11-6-7-13(14)8-11)16-15(17)12-4-2-3-5-12/h10-14H,2-9H2,1H3,(H,16,17)/t10-,11-,13-,14+/m0/s1. The fourth-order valence-electron chi connectivity index (χ4n) is 4.54. The molecule has 2 nitrogen and oxygen atoms in total. The van der Waals surface area contributed by atoms with Crippen LogP contribution in [0.25, 0.3) is 0 Å². The molecule has 2 bridgehead atoms. The second-order valence-corrected chi connectivity index (χ2v) is 6.62. The number of amides is 1. The van der Waals surface area contributed by atoms with Gasteiger partial charge in [0.25, 0.3) is 0 Å². The van der Waals surface area contributed by atoms with E-state index < -0.39 is 0 Å². The van der Waals surface area contributed by atoms with Crippen molar-refractivity contribution in [2.75, 3.05) is 0 Å². The van der Waals surface area contributed by atoms with Crippen LogP contribution in [0.4, 0.5) is 0 Å². The van der Waals surface area contributed by atoms with Gasteiger partial charge >= 0.3 is 0 Å². The summed E-state index contributed by atoms with van der Waals surface area (Å²) in [7, 11) is 0. The molecule has 96 valence electrons. The van der Waals surface area contributed by atoms with Crippen LogP contribution in [0.15, 0.2) is 0 Å². The Labute approximate surface area is 105 Å². The lowest BCUT2D eigenvalue weighted by atomic mass is 9.84. The van der Waals surface area contributed by atoms with Gasteiger partial charge in [-0.3, -0.25) is 4.79 Å². The number of carbonyl (C=O) groups excluding carboxylic acids is 1. The summed E-state index contributed by atoms with van der Waals surface area (Å²) in [6.45, 7) is 2.23. The lowest BCUT2D eigenvalue weighted by molar-refractivity contribution is -0.125. The summed E-state index contributed by atoms with van der Waals surface area (Å²) in [6.07, 6.45) is 10.4. The minimum Gasteiger partial charge on any atom is -0.353 e. The number of rotatable bonds is 3. The largest absolute Gasteiger partial charge is 0.353 e. The Kier molecular flexibility index (Phi) is 3.14. The number of hydrogen-bond donors (Lipinski definition) is 1. The van der Waals surface area contributed by atoms with Gasteiger partial charge in [0.15, 0.2) is 0 Å². The van der Waals surface area contributed by atoms with Crippen molar-refractivity contribution in [2.45, 2.75) is 64.3 Å². The molecule has 0 aromatic heterocycles. The summed E-state index contributed by atoms with van der Waals surface area (Å²) in [5.74, 6) is 3.35. The highest BCUT2D eigenvalue weighted by molar-refractivity contribution is 5.79. The van der Waals surface area contributed by atoms with Crippen molar-refractivity contribution >= 4 is 5.91 Å². The van der Waals surface area contributed by atoms with E-state index in [1.165, 1.54) is 38.5 Å². The van der Waals surface area contributed by atoms with Crippen LogP contribution < -0.4 is 5.32 Å². The fraction of sp³-hybridized carbons (Fsp3) is 0.933. The van der Waals surface area contributed by atoms with E-state index in [9.17, 15) is 4.79 Å². The van der Waals surface area contributed by atoms with Crippen LogP contribution in [0.3, 0.4) is 0 Å². The highest BCUT2D eigenvalue weighted by Gasteiger charge is 2.42. The first-order valence-corrected chi connectivity index (χ1v) is 7.54. The van der Waals surface area contributed by atoms with Crippen LogP contribution in [0.1, 0.15) is 58.3 Å². The van der Waals surface area contributed by atoms with Gasteiger partial charge in [0, 0.05) is 12.0 Å². The minimum atomic E-state index is 0.330. The van der Waals surface area contributed by atoms with Crippen LogP contribution in [0.5, 0.6) is 0 Å². The van der Waals surface area contributed by atoms with Gasteiger partial charge in [-0.15, -0.1) is 0 Å². The first kappa shape index (κ1) is 11.6. The molecule has 0 heterocycles. The predicted molar refractivity (Wildman–Crippen MR) is 68.5 cm³/mol. The van der Waals surface area contributed by atoms with E-state index in [0.717, 1.165) is 30.6 Å². The molecule has 0 spiro atoms. The van der Waals surface area contributed by atoms with E-state index >= 15 is 0 Å². The number of carbonyl (C=O) groups is 1. The molecule has 0 unspecified atom stereocenters. The summed E-state index contributed by atoms with van der Waals surface area (Å²) < 4.78 is 0. The van der Waals surface area contributed by atoms with Crippen LogP contribution >= 0.6 is 0 Å². The Hall–Kier alpha value is -0.530. The summed E-state index contributed by atoms with van der Waals surface area (Å²) in [5.41, 5.74) is 0. The number of hydrogen-bond acceptors (Lipinski definition) is 1. The van der Waals surface area contributed by atoms with E-state index in [0.29, 0.717) is 17.9 Å². The molecule has 1 amide bonds. The molecule has 0 aromatic carbocycles. The van der Waals surface area contributed by atoms with E-state index in [2.05, 4.69) is 12.2 Å². The van der Waals surface area contributed by atoms with Gasteiger partial charge < -0.3 is 5.32 Å². The van der Waals surface area contributed by atoms with Crippen molar-refractivity contribution in [2.24, 2.45) is 23.7 Å². The van der Waals surface area contributed by atoms with Gasteiger partial charge in [-0.25, -0.2) is 0 Å². The topological polar surface area (TPSA) is 29.1 Å². The van der Waals surface area contributed by atoms with Crippen molar-refractivity contribution in [1.82, 2.24) is 5.32 Å². The molecule has 0 radical (unpaired) electrons. The van der Waals surface area contributed by atoms with Crippen LogP contribution in [0, 0.1) is 23.7 Å². The zero-order valence-corrected chi connectivity index (χ0v) is 11.0. The predicted octanol–water partition coefficient (Wildman–Crippen LogP) is 3.12. The van der Waals surface area contributed by atoms with Crippen molar-refractivity contribution in [1.29, 1.82) is 0 Å². The lowest BCUT2D eigenvalue weighted by Gasteiger charge is -2.29. The lowest BCUT2D eigenvalue weighted by Crippen LogP contribution is -2.42. The molecule has 3 aliphatic carbocycles. The molecule has 4 atom stereocenters. The Bertz CT molecular complexity index is 295. The highest BCUT2D eigenvalue weighted by Crippen LogP contribution is 2.49. The second kappa shape index (κ2) is 4.62. The second-order valence-electron chi connectivity index (χ2n) is 6.62. The SMILES string of the molecule is C[C@H](NC(=O)C1CCCC1)[C@H]1C[C@H]2CC[C@H]1C2. The quantitative estimate of drug-likeness (QED) is 0.800. The van der Waals surface area contributed by atoms with Gasteiger partial charge in [-0.05, 0) is 56.8 Å². The third-order valence-electron chi connectivity index (χ3n) is 5.53. The molecule has 0 aromatic rings. The summed E-state index contributed by atoms with van der Waals surface area (Å²) in [4.78, 5) is 12.1. The molecule has 3 fully saturated rings. The number of nitrogens with one attached hydrogen (secondary N) is 1. The third-order valence-corrected chi connectivity index (χ3v) is 5.53. The maximum Gasteiger partial charge on any atom is 0.223 e. The minimum absolute atomic E-state index is 0.330. The van der Waals surface area contributed by atoms with Crippen molar-refractivity contribution in [3.63, 3.8) is 0 Å². The summed E-state index contributed by atoms with van der Waals surface area (Å²) in [5, 5.41) is 3.31. The highest BCUT2D eigenvalue weighted by atomic mass is 16.1. The summed E-state index contributed by atoms with van der Waals surface area (Å²) >= 11 is 0. The molecule has 1 N–H and O–H groups in total. The Balaban J connectivity index is 1.52. The van der Waals surface area contributed by atoms with E-state index in [1.54, 1.807) is 0 Å². The fourth-order valence-corrected chi connectivity index (χ4v) is 4.54. The molecule has 3 aliphatic rings. The zero-order valence-electron chi connectivity index (χ0n) is 11.0. The van der Waals surface area contributed by atoms with Crippen LogP contribution in [-0.2, 0) is 4.79 Å². The number of fused-ring (bicyclic) bond motifs is 2. The molecule has 17 heavy (non-hydrogen) atoms. The van der Waals surface area contributed by atoms with Crippen molar-refractivity contribution in [3.05, 3.63) is 0 Å². The smallest absolute Gasteiger partial charge is 0.223 e. The maximum absolute atomic E-state index is 12.1. The molecule has 0 saturated heterocycles. The van der Waals surface area contributed by atoms with Crippen LogP contribution in [0.2, 0.25) is 0 Å². The molecule has 3 saturated carbocycles. The molecular formula is C15H25NO. The molecule has 3 rings (SSSR count). The van der Waals surface area contributed by atoms with Gasteiger partial charge in [-0.2, -0.15) is 0 Å². The monoisotopic (exact) mass is 235 g/mol. The van der Waals surface area contributed by atoms with Gasteiger partial charge in [0.05, 0.1) is 0 Å². The van der Waals surface area contributed by atoms with Crippen LogP contribution in [-0.4, -0.2) is 11.9 Å². The Morgan fingerprint density at radius 2 is 1.88 bits per heavy atom. The average Bonchev–Trinajstić information content (AvgIpc) is 3.05. The normalized spacial score (nSPS) is 38.5. The van der Waals surface area contributed by atoms with E-state index in [-0.39, 0.29) is 0 Å². The molecule has 2 heteroatoms. The Morgan fingerprint density at radius 1 is 1.12 bits per heavy atom. The average molecular weight is 235 g/mol. The van der Waals surface area contributed by atoms with Crippen molar-refractivity contribution in [3.8, 4) is 0 Å². The first-order valence-electron chi connectivity index (χ1n) is 7.54. The zero-order chi connectivity index (χ0) is 11.8. The first-order chi connectivity index (χ1) is 8.24. The van der Waals surface area contributed by atoms with Gasteiger partial charge in [0.2, 0.25) is 5.91 Å². The third kappa shape index (κ3) is 2.23. The van der Waals surface area contributed by atoms with Gasteiger partial charge in [0.1, 0.15) is 0 Å².